The van der Waals surface area contributed by atoms with E-state index in [4.69, 9.17) is 16.3 Å². The summed E-state index contributed by atoms with van der Waals surface area (Å²) in [7, 11) is 1.67. The monoisotopic (exact) mass is 488 g/mol. The van der Waals surface area contributed by atoms with Crippen LogP contribution >= 0.6 is 11.6 Å². The zero-order valence-corrected chi connectivity index (χ0v) is 20.0. The molecule has 1 heterocycles. The Labute approximate surface area is 204 Å². The molecule has 2 aliphatic rings. The summed E-state index contributed by atoms with van der Waals surface area (Å²) in [6, 6.07) is 12.5. The van der Waals surface area contributed by atoms with Crippen LogP contribution in [0.3, 0.4) is 0 Å². The molecule has 1 saturated heterocycles. The summed E-state index contributed by atoms with van der Waals surface area (Å²) >= 11 is 6.08. The van der Waals surface area contributed by atoms with E-state index in [1.165, 1.54) is 29.2 Å². The fraction of sp³-hybridized carbons (Fsp3) is 0.462. The number of amides is 2. The van der Waals surface area contributed by atoms with Crippen LogP contribution in [0.2, 0.25) is 5.02 Å². The predicted molar refractivity (Wildman–Crippen MR) is 127 cm³/mol. The molecule has 182 valence electrons. The van der Waals surface area contributed by atoms with Gasteiger partial charge in [0.05, 0.1) is 6.04 Å². The van der Waals surface area contributed by atoms with E-state index in [2.05, 4.69) is 0 Å². The fourth-order valence-electron chi connectivity index (χ4n) is 5.06. The number of likely N-dealkylation sites (tertiary alicyclic amines) is 1. The third-order valence-electron chi connectivity index (χ3n) is 7.16. The van der Waals surface area contributed by atoms with Crippen molar-refractivity contribution >= 4 is 23.6 Å². The van der Waals surface area contributed by atoms with Crippen LogP contribution in [0.4, 0.5) is 9.18 Å². The molecule has 0 spiro atoms. The van der Waals surface area contributed by atoms with Gasteiger partial charge in [0.25, 0.3) is 0 Å². The minimum absolute atomic E-state index is 0.0520. The summed E-state index contributed by atoms with van der Waals surface area (Å²) < 4.78 is 18.7. The molecular weight excluding hydrogens is 459 g/mol. The minimum atomic E-state index is -0.562. The van der Waals surface area contributed by atoms with Gasteiger partial charge in [-0.1, -0.05) is 23.7 Å². The van der Waals surface area contributed by atoms with E-state index in [1.54, 1.807) is 7.05 Å². The first-order valence-corrected chi connectivity index (χ1v) is 12.1. The lowest BCUT2D eigenvalue weighted by Crippen LogP contribution is -2.44. The Morgan fingerprint density at radius 3 is 2.32 bits per heavy atom. The second kappa shape index (κ2) is 10.7. The van der Waals surface area contributed by atoms with E-state index in [0.717, 1.165) is 31.2 Å². The van der Waals surface area contributed by atoms with E-state index in [1.807, 2.05) is 29.2 Å². The van der Waals surface area contributed by atoms with Crippen LogP contribution in [-0.4, -0.2) is 59.7 Å². The van der Waals surface area contributed by atoms with Gasteiger partial charge in [0, 0.05) is 43.6 Å². The van der Waals surface area contributed by atoms with Crippen molar-refractivity contribution in [3.63, 3.8) is 0 Å². The first kappa shape index (κ1) is 24.5. The van der Waals surface area contributed by atoms with E-state index in [0.29, 0.717) is 18.1 Å². The molecule has 34 heavy (non-hydrogen) atoms. The van der Waals surface area contributed by atoms with Crippen molar-refractivity contribution < 1.29 is 23.8 Å². The molecule has 8 heteroatoms. The highest BCUT2D eigenvalue weighted by Gasteiger charge is 2.42. The van der Waals surface area contributed by atoms with Crippen molar-refractivity contribution in [1.29, 1.82) is 0 Å². The first-order chi connectivity index (χ1) is 16.4. The molecule has 2 amide bonds. The number of nitrogens with zero attached hydrogens (tertiary/aromatic N) is 2. The first-order valence-electron chi connectivity index (χ1n) is 11.7. The summed E-state index contributed by atoms with van der Waals surface area (Å²) in [5, 5.41) is 10.0. The summed E-state index contributed by atoms with van der Waals surface area (Å²) in [5.41, 5.74) is 0.995. The largest absolute Gasteiger partial charge is 0.415 e. The second-order valence-corrected chi connectivity index (χ2v) is 9.74. The van der Waals surface area contributed by atoms with Gasteiger partial charge in [-0.05, 0) is 73.6 Å². The van der Waals surface area contributed by atoms with Gasteiger partial charge in [0.2, 0.25) is 5.91 Å². The van der Waals surface area contributed by atoms with Crippen LogP contribution in [0.1, 0.15) is 37.2 Å². The molecule has 2 fully saturated rings. The van der Waals surface area contributed by atoms with Gasteiger partial charge in [-0.3, -0.25) is 4.79 Å². The van der Waals surface area contributed by atoms with E-state index >= 15 is 0 Å². The zero-order chi connectivity index (χ0) is 24.2. The standard InChI is InChI=1S/C26H30ClFN2O4/c1-29(26(33)34-22-12-10-21(28)11-13-22)24-15-30(14-23(24)18-6-8-20(27)9-7-18)25(32)19-4-2-17(16-31)3-5-19/h6-13,17,19,23-24,31H,2-5,14-16H2,1H3/t17?,19?,23-,24+/m0/s1. The van der Waals surface area contributed by atoms with Crippen LogP contribution < -0.4 is 4.74 Å². The molecule has 4 rings (SSSR count). The molecular formula is C26H30ClFN2O4. The molecule has 0 unspecified atom stereocenters. The van der Waals surface area contributed by atoms with Gasteiger partial charge in [-0.15, -0.1) is 0 Å². The topological polar surface area (TPSA) is 70.1 Å². The highest BCUT2D eigenvalue weighted by Crippen LogP contribution is 2.35. The van der Waals surface area contributed by atoms with Crippen LogP contribution in [-0.2, 0) is 4.79 Å². The Hall–Kier alpha value is -2.64. The zero-order valence-electron chi connectivity index (χ0n) is 19.2. The van der Waals surface area contributed by atoms with Crippen LogP contribution in [0.25, 0.3) is 0 Å². The Bertz CT molecular complexity index is 993. The second-order valence-electron chi connectivity index (χ2n) is 9.30. The van der Waals surface area contributed by atoms with E-state index in [9.17, 15) is 19.1 Å². The number of carbonyl (C=O) groups is 2. The van der Waals surface area contributed by atoms with Crippen molar-refractivity contribution in [2.75, 3.05) is 26.7 Å². The third kappa shape index (κ3) is 5.53. The highest BCUT2D eigenvalue weighted by atomic mass is 35.5. The predicted octanol–water partition coefficient (Wildman–Crippen LogP) is 4.70. The number of likely N-dealkylation sites (N-methyl/N-ethyl adjacent to an activating group) is 1. The molecule has 2 atom stereocenters. The van der Waals surface area contributed by atoms with Crippen LogP contribution in [0.15, 0.2) is 48.5 Å². The highest BCUT2D eigenvalue weighted by molar-refractivity contribution is 6.30. The third-order valence-corrected chi connectivity index (χ3v) is 7.41. The number of rotatable bonds is 5. The molecule has 6 nitrogen and oxygen atoms in total. The lowest BCUT2D eigenvalue weighted by molar-refractivity contribution is -0.136. The Morgan fingerprint density at radius 1 is 1.06 bits per heavy atom. The average Bonchev–Trinajstić information content (AvgIpc) is 3.30. The van der Waals surface area contributed by atoms with Crippen molar-refractivity contribution in [3.05, 3.63) is 64.9 Å². The quantitative estimate of drug-likeness (QED) is 0.662. The molecule has 1 saturated carbocycles. The molecule has 0 aromatic heterocycles. The summed E-state index contributed by atoms with van der Waals surface area (Å²) in [6.45, 7) is 1.08. The maximum absolute atomic E-state index is 13.4. The molecule has 1 aliphatic heterocycles. The number of halogens is 2. The average molecular weight is 489 g/mol. The Kier molecular flexibility index (Phi) is 7.73. The number of ether oxygens (including phenoxy) is 1. The lowest BCUT2D eigenvalue weighted by atomic mass is 9.82. The van der Waals surface area contributed by atoms with Crippen molar-refractivity contribution in [3.8, 4) is 5.75 Å². The van der Waals surface area contributed by atoms with Gasteiger partial charge in [-0.2, -0.15) is 0 Å². The van der Waals surface area contributed by atoms with Gasteiger partial charge in [0.15, 0.2) is 0 Å². The van der Waals surface area contributed by atoms with Crippen molar-refractivity contribution in [2.45, 2.75) is 37.6 Å². The normalized spacial score (nSPS) is 24.6. The van der Waals surface area contributed by atoms with Gasteiger partial charge < -0.3 is 19.6 Å². The summed E-state index contributed by atoms with van der Waals surface area (Å²) in [5.74, 6) is 0.0918. The van der Waals surface area contributed by atoms with Gasteiger partial charge >= 0.3 is 6.09 Å². The number of aliphatic hydroxyl groups is 1. The smallest absolute Gasteiger partial charge is 0.410 e. The number of benzene rings is 2. The minimum Gasteiger partial charge on any atom is -0.410 e. The maximum atomic E-state index is 13.4. The molecule has 2 aromatic carbocycles. The van der Waals surface area contributed by atoms with E-state index in [-0.39, 0.29) is 42.1 Å². The number of hydrogen-bond donors (Lipinski definition) is 1. The Morgan fingerprint density at radius 2 is 1.71 bits per heavy atom. The molecule has 0 radical (unpaired) electrons. The summed E-state index contributed by atoms with van der Waals surface area (Å²) in [4.78, 5) is 29.7. The molecule has 0 bridgehead atoms. The van der Waals surface area contributed by atoms with Crippen LogP contribution in [0.5, 0.6) is 5.75 Å². The number of hydrogen-bond acceptors (Lipinski definition) is 4. The van der Waals surface area contributed by atoms with Crippen LogP contribution in [0, 0.1) is 17.7 Å². The molecule has 1 N–H and O–H groups in total. The Balaban J connectivity index is 1.50. The fourth-order valence-corrected chi connectivity index (χ4v) is 5.18. The maximum Gasteiger partial charge on any atom is 0.415 e. The number of carbonyl (C=O) groups excluding carboxylic acids is 2. The molecule has 1 aliphatic carbocycles. The summed E-state index contributed by atoms with van der Waals surface area (Å²) in [6.07, 6.45) is 2.70. The van der Waals surface area contributed by atoms with Crippen molar-refractivity contribution in [2.24, 2.45) is 11.8 Å². The molecule has 2 aromatic rings. The van der Waals surface area contributed by atoms with E-state index < -0.39 is 11.9 Å². The number of aliphatic hydroxyl groups excluding tert-OH is 1. The van der Waals surface area contributed by atoms with Crippen molar-refractivity contribution in [1.82, 2.24) is 9.80 Å². The van der Waals surface area contributed by atoms with Gasteiger partial charge in [0.1, 0.15) is 11.6 Å². The SMILES string of the molecule is CN(C(=O)Oc1ccc(F)cc1)[C@@H]1CN(C(=O)C2CCC(CO)CC2)C[C@H]1c1ccc(Cl)cc1. The lowest BCUT2D eigenvalue weighted by Gasteiger charge is -2.30. The van der Waals surface area contributed by atoms with Gasteiger partial charge in [-0.25, -0.2) is 9.18 Å².